The Morgan fingerprint density at radius 1 is 1.00 bits per heavy atom. The van der Waals surface area contributed by atoms with Crippen molar-refractivity contribution in [2.75, 3.05) is 0 Å². The lowest BCUT2D eigenvalue weighted by molar-refractivity contribution is -0.134. The lowest BCUT2D eigenvalue weighted by Crippen LogP contribution is -2.51. The average molecular weight is 436 g/mol. The van der Waals surface area contributed by atoms with E-state index in [-0.39, 0.29) is 5.56 Å². The number of hydrogen-bond acceptors (Lipinski definition) is 5. The molecule has 1 aliphatic carbocycles. The molecule has 166 valence electrons. The van der Waals surface area contributed by atoms with Crippen molar-refractivity contribution in [1.29, 1.82) is 0 Å². The van der Waals surface area contributed by atoms with Crippen molar-refractivity contribution in [1.82, 2.24) is 15.8 Å². The molecule has 1 saturated heterocycles. The first kappa shape index (κ1) is 21.4. The van der Waals surface area contributed by atoms with Gasteiger partial charge in [-0.15, -0.1) is 0 Å². The minimum Gasteiger partial charge on any atom is -0.457 e. The van der Waals surface area contributed by atoms with Gasteiger partial charge in [0.15, 0.2) is 0 Å². The minimum absolute atomic E-state index is 0.264. The molecule has 2 fully saturated rings. The number of amides is 5. The Kier molecular flexibility index (Phi) is 5.56. The Hall–Kier alpha value is -3.88. The van der Waals surface area contributed by atoms with Gasteiger partial charge >= 0.3 is 6.03 Å². The van der Waals surface area contributed by atoms with Crippen molar-refractivity contribution in [3.63, 3.8) is 0 Å². The number of benzene rings is 2. The average Bonchev–Trinajstić information content (AvgIpc) is 3.01. The normalized spacial score (nSPS) is 22.5. The van der Waals surface area contributed by atoms with Crippen LogP contribution in [-0.4, -0.2) is 34.3 Å². The number of ether oxygens (including phenoxy) is 1. The largest absolute Gasteiger partial charge is 0.457 e. The van der Waals surface area contributed by atoms with Crippen LogP contribution < -0.4 is 21.2 Å². The van der Waals surface area contributed by atoms with Crippen molar-refractivity contribution < 1.29 is 23.9 Å². The van der Waals surface area contributed by atoms with Gasteiger partial charge in [0, 0.05) is 11.1 Å². The summed E-state index contributed by atoms with van der Waals surface area (Å²) in [5, 5.41) is 3.55. The number of nitrogens with zero attached hydrogens (tertiary/aromatic N) is 1. The van der Waals surface area contributed by atoms with Crippen LogP contribution in [0, 0.1) is 5.92 Å². The number of hydrazine groups is 1. The maximum absolute atomic E-state index is 12.9. The van der Waals surface area contributed by atoms with Gasteiger partial charge in [0.25, 0.3) is 11.8 Å². The summed E-state index contributed by atoms with van der Waals surface area (Å²) in [6.45, 7) is 2.12. The molecule has 2 aromatic rings. The second-order valence-corrected chi connectivity index (χ2v) is 8.29. The molecule has 1 spiro atoms. The molecule has 9 heteroatoms. The molecule has 1 heterocycles. The molecule has 0 atom stereocenters. The maximum atomic E-state index is 12.9. The molecule has 4 rings (SSSR count). The van der Waals surface area contributed by atoms with Crippen LogP contribution in [0.1, 0.15) is 53.3 Å². The molecule has 5 amide bonds. The van der Waals surface area contributed by atoms with Gasteiger partial charge in [0.1, 0.15) is 17.0 Å². The van der Waals surface area contributed by atoms with Gasteiger partial charge in [-0.25, -0.2) is 4.79 Å². The topological polar surface area (TPSA) is 131 Å². The minimum atomic E-state index is -0.918. The second kappa shape index (κ2) is 8.33. The number of urea groups is 1. The highest BCUT2D eigenvalue weighted by Gasteiger charge is 2.52. The van der Waals surface area contributed by atoms with Crippen molar-refractivity contribution in [2.45, 2.75) is 38.1 Å². The Morgan fingerprint density at radius 3 is 2.06 bits per heavy atom. The summed E-state index contributed by atoms with van der Waals surface area (Å²) in [6.07, 6.45) is 2.83. The Morgan fingerprint density at radius 2 is 1.53 bits per heavy atom. The standard InChI is InChI=1S/C23H24N4O5/c1-14-10-12-23(13-11-14)21(30)27(22(31)25-23)26-20(29)16-4-8-18(9-5-16)32-17-6-2-15(3-7-17)19(24)28/h2-9,14H,10-13H2,1H3,(H2,24,28)(H,25,31)(H,26,29). The zero-order valence-electron chi connectivity index (χ0n) is 17.6. The van der Waals surface area contributed by atoms with E-state index in [2.05, 4.69) is 17.7 Å². The lowest BCUT2D eigenvalue weighted by atomic mass is 9.77. The van der Waals surface area contributed by atoms with E-state index in [1.54, 1.807) is 36.4 Å². The number of rotatable bonds is 5. The van der Waals surface area contributed by atoms with Gasteiger partial charge in [-0.1, -0.05) is 6.92 Å². The highest BCUT2D eigenvalue weighted by Crippen LogP contribution is 2.35. The fraction of sp³-hybridized carbons (Fsp3) is 0.304. The Balaban J connectivity index is 1.39. The molecular formula is C23H24N4O5. The third kappa shape index (κ3) is 4.14. The molecule has 0 aromatic heterocycles. The van der Waals surface area contributed by atoms with Crippen LogP contribution >= 0.6 is 0 Å². The molecule has 0 bridgehead atoms. The Labute approximate surface area is 184 Å². The predicted octanol–water partition coefficient (Wildman–Crippen LogP) is 2.72. The smallest absolute Gasteiger partial charge is 0.344 e. The molecular weight excluding hydrogens is 412 g/mol. The molecule has 2 aromatic carbocycles. The maximum Gasteiger partial charge on any atom is 0.344 e. The quantitative estimate of drug-likeness (QED) is 0.620. The summed E-state index contributed by atoms with van der Waals surface area (Å²) in [5.74, 6) is -0.0386. The van der Waals surface area contributed by atoms with E-state index < -0.39 is 29.3 Å². The second-order valence-electron chi connectivity index (χ2n) is 8.29. The van der Waals surface area contributed by atoms with Gasteiger partial charge in [-0.05, 0) is 80.1 Å². The monoisotopic (exact) mass is 436 g/mol. The SMILES string of the molecule is CC1CCC2(CC1)NC(=O)N(NC(=O)c1ccc(Oc3ccc(C(N)=O)cc3)cc1)C2=O. The van der Waals surface area contributed by atoms with E-state index in [9.17, 15) is 19.2 Å². The summed E-state index contributed by atoms with van der Waals surface area (Å²) in [7, 11) is 0. The number of hydrogen-bond donors (Lipinski definition) is 3. The highest BCUT2D eigenvalue weighted by molar-refractivity contribution is 6.09. The van der Waals surface area contributed by atoms with E-state index in [4.69, 9.17) is 10.5 Å². The van der Waals surface area contributed by atoms with Crippen molar-refractivity contribution in [2.24, 2.45) is 11.7 Å². The van der Waals surface area contributed by atoms with Gasteiger partial charge < -0.3 is 15.8 Å². The molecule has 1 aliphatic heterocycles. The van der Waals surface area contributed by atoms with Crippen LogP contribution in [0.4, 0.5) is 4.79 Å². The van der Waals surface area contributed by atoms with Crippen LogP contribution in [-0.2, 0) is 4.79 Å². The van der Waals surface area contributed by atoms with Gasteiger partial charge in [-0.3, -0.25) is 19.8 Å². The number of carbonyl (C=O) groups is 4. The lowest BCUT2D eigenvalue weighted by Gasteiger charge is -2.33. The van der Waals surface area contributed by atoms with Gasteiger partial charge in [0.05, 0.1) is 0 Å². The zero-order chi connectivity index (χ0) is 22.9. The van der Waals surface area contributed by atoms with E-state index in [1.807, 2.05) is 0 Å². The molecule has 2 aliphatic rings. The highest BCUT2D eigenvalue weighted by atomic mass is 16.5. The van der Waals surface area contributed by atoms with Gasteiger partial charge in [-0.2, -0.15) is 5.01 Å². The number of primary amides is 1. The Bertz CT molecular complexity index is 1060. The van der Waals surface area contributed by atoms with Crippen LogP contribution in [0.25, 0.3) is 0 Å². The zero-order valence-corrected chi connectivity index (χ0v) is 17.6. The summed E-state index contributed by atoms with van der Waals surface area (Å²) < 4.78 is 5.69. The first-order valence-electron chi connectivity index (χ1n) is 10.4. The van der Waals surface area contributed by atoms with Gasteiger partial charge in [0.2, 0.25) is 5.91 Å². The van der Waals surface area contributed by atoms with Crippen LogP contribution in [0.5, 0.6) is 11.5 Å². The number of imide groups is 1. The summed E-state index contributed by atoms with van der Waals surface area (Å²) in [6, 6.07) is 11.9. The number of nitrogens with two attached hydrogens (primary N) is 1. The molecule has 9 nitrogen and oxygen atoms in total. The molecule has 32 heavy (non-hydrogen) atoms. The van der Waals surface area contributed by atoms with E-state index in [0.717, 1.165) is 17.9 Å². The fourth-order valence-corrected chi connectivity index (χ4v) is 3.98. The van der Waals surface area contributed by atoms with Crippen molar-refractivity contribution >= 4 is 23.8 Å². The third-order valence-electron chi connectivity index (χ3n) is 5.99. The van der Waals surface area contributed by atoms with E-state index >= 15 is 0 Å². The predicted molar refractivity (Wildman–Crippen MR) is 115 cm³/mol. The molecule has 0 unspecified atom stereocenters. The third-order valence-corrected chi connectivity index (χ3v) is 5.99. The first-order valence-corrected chi connectivity index (χ1v) is 10.4. The van der Waals surface area contributed by atoms with Crippen molar-refractivity contribution in [3.05, 3.63) is 59.7 Å². The van der Waals surface area contributed by atoms with Crippen LogP contribution in [0.15, 0.2) is 48.5 Å². The van der Waals surface area contributed by atoms with E-state index in [0.29, 0.717) is 35.8 Å². The first-order chi connectivity index (χ1) is 15.3. The molecule has 0 radical (unpaired) electrons. The summed E-state index contributed by atoms with van der Waals surface area (Å²) in [5.41, 5.74) is 7.34. The number of nitrogens with one attached hydrogen (secondary N) is 2. The van der Waals surface area contributed by atoms with E-state index in [1.165, 1.54) is 12.1 Å². The fourth-order valence-electron chi connectivity index (χ4n) is 3.98. The summed E-state index contributed by atoms with van der Waals surface area (Å²) in [4.78, 5) is 49.0. The van der Waals surface area contributed by atoms with Crippen LogP contribution in [0.2, 0.25) is 0 Å². The summed E-state index contributed by atoms with van der Waals surface area (Å²) >= 11 is 0. The molecule has 1 saturated carbocycles. The number of carbonyl (C=O) groups excluding carboxylic acids is 4. The molecule has 4 N–H and O–H groups in total. The van der Waals surface area contributed by atoms with Crippen molar-refractivity contribution in [3.8, 4) is 11.5 Å². The van der Waals surface area contributed by atoms with Crippen LogP contribution in [0.3, 0.4) is 0 Å².